The van der Waals surface area contributed by atoms with Crippen LogP contribution in [0.5, 0.6) is 28.7 Å². The van der Waals surface area contributed by atoms with E-state index in [0.29, 0.717) is 23.7 Å². The molecule has 8 heteroatoms. The van der Waals surface area contributed by atoms with E-state index in [0.717, 1.165) is 5.56 Å². The van der Waals surface area contributed by atoms with Crippen molar-refractivity contribution in [2.24, 2.45) is 0 Å². The number of para-hydroxylation sites is 1. The van der Waals surface area contributed by atoms with Gasteiger partial charge in [0.1, 0.15) is 45.5 Å². The average molecular weight is 526 g/mol. The highest BCUT2D eigenvalue weighted by molar-refractivity contribution is 6.31. The Balaban J connectivity index is 1.47. The van der Waals surface area contributed by atoms with Crippen LogP contribution in [0.25, 0.3) is 0 Å². The number of phenols is 2. The predicted molar refractivity (Wildman–Crippen MR) is 143 cm³/mol. The maximum Gasteiger partial charge on any atom is 0.194 e. The van der Waals surface area contributed by atoms with Gasteiger partial charge in [0.05, 0.1) is 11.1 Å². The highest BCUT2D eigenvalue weighted by Gasteiger charge is 2.56. The first-order chi connectivity index (χ1) is 18.5. The number of phenolic OH excluding ortho intramolecular Hbond substituents is 2. The summed E-state index contributed by atoms with van der Waals surface area (Å²) in [5.74, 6) is -1.19. The molecule has 0 aromatic heterocycles. The fourth-order valence-corrected chi connectivity index (χ4v) is 5.03. The molecule has 0 bridgehead atoms. The van der Waals surface area contributed by atoms with Gasteiger partial charge in [-0.25, -0.2) is 0 Å². The molecule has 2 aliphatic rings. The Morgan fingerprint density at radius 3 is 2.38 bits per heavy atom. The fraction of sp³-hybridized carbons (Fsp3) is 0.194. The van der Waals surface area contributed by atoms with Gasteiger partial charge in [0.2, 0.25) is 0 Å². The first-order valence-corrected chi connectivity index (χ1v) is 12.4. The number of nitrogens with one attached hydrogen (secondary N) is 1. The van der Waals surface area contributed by atoms with E-state index in [9.17, 15) is 24.6 Å². The lowest BCUT2D eigenvalue weighted by Gasteiger charge is -2.29. The lowest BCUT2D eigenvalue weighted by molar-refractivity contribution is -0.123. The number of ketones is 3. The van der Waals surface area contributed by atoms with E-state index in [4.69, 9.17) is 9.47 Å². The van der Waals surface area contributed by atoms with Gasteiger partial charge in [0, 0.05) is 23.9 Å². The Morgan fingerprint density at radius 2 is 1.69 bits per heavy atom. The number of fused-ring (bicyclic) bond motifs is 3. The van der Waals surface area contributed by atoms with E-state index in [-0.39, 0.29) is 39.5 Å². The van der Waals surface area contributed by atoms with Crippen molar-refractivity contribution in [3.8, 4) is 28.7 Å². The Bertz CT molecular complexity index is 1620. The van der Waals surface area contributed by atoms with Crippen LogP contribution in [-0.2, 0) is 21.5 Å². The van der Waals surface area contributed by atoms with Crippen molar-refractivity contribution in [2.45, 2.75) is 39.7 Å². The first kappa shape index (κ1) is 25.8. The van der Waals surface area contributed by atoms with Crippen molar-refractivity contribution in [1.82, 2.24) is 5.32 Å². The highest BCUT2D eigenvalue weighted by atomic mass is 16.5. The summed E-state index contributed by atoms with van der Waals surface area (Å²) in [4.78, 5) is 39.4. The molecule has 39 heavy (non-hydrogen) atoms. The predicted octanol–water partition coefficient (Wildman–Crippen LogP) is 5.15. The average Bonchev–Trinajstić information content (AvgIpc) is 3.19. The molecular weight excluding hydrogens is 498 g/mol. The molecule has 3 N–H and O–H groups in total. The van der Waals surface area contributed by atoms with Crippen molar-refractivity contribution >= 4 is 17.3 Å². The van der Waals surface area contributed by atoms with E-state index in [2.05, 4.69) is 5.32 Å². The van der Waals surface area contributed by atoms with E-state index < -0.39 is 28.5 Å². The number of rotatable bonds is 6. The van der Waals surface area contributed by atoms with Crippen molar-refractivity contribution in [3.05, 3.63) is 100.0 Å². The second kappa shape index (κ2) is 9.47. The maximum atomic E-state index is 13.9. The lowest BCUT2D eigenvalue weighted by atomic mass is 9.70. The molecule has 3 aromatic carbocycles. The molecule has 0 fully saturated rings. The molecule has 1 aliphatic carbocycles. The molecule has 3 aromatic rings. The van der Waals surface area contributed by atoms with Crippen molar-refractivity contribution in [3.63, 3.8) is 0 Å². The molecule has 0 saturated carbocycles. The highest BCUT2D eigenvalue weighted by Crippen LogP contribution is 2.57. The van der Waals surface area contributed by atoms with Crippen molar-refractivity contribution in [2.75, 3.05) is 0 Å². The molecule has 1 aliphatic heterocycles. The summed E-state index contributed by atoms with van der Waals surface area (Å²) in [6, 6.07) is 16.8. The van der Waals surface area contributed by atoms with Crippen LogP contribution < -0.4 is 14.8 Å². The van der Waals surface area contributed by atoms with Crippen LogP contribution in [-0.4, -0.2) is 27.6 Å². The molecule has 1 heterocycles. The van der Waals surface area contributed by atoms with Gasteiger partial charge in [-0.1, -0.05) is 30.3 Å². The Labute approximate surface area is 225 Å². The van der Waals surface area contributed by atoms with Gasteiger partial charge in [-0.2, -0.15) is 0 Å². The number of aromatic hydroxyl groups is 2. The van der Waals surface area contributed by atoms with Gasteiger partial charge in [0.15, 0.2) is 17.3 Å². The Kier molecular flexibility index (Phi) is 6.26. The van der Waals surface area contributed by atoms with Crippen LogP contribution in [0, 0.1) is 6.92 Å². The van der Waals surface area contributed by atoms with E-state index >= 15 is 0 Å². The zero-order valence-corrected chi connectivity index (χ0v) is 21.9. The molecule has 0 amide bonds. The standard InChI is InChI=1S/C31H27NO7/c1-16-27(35)25(18(3)33)29-26(28(16)36)31(4)23(39-29)14-22(34)24(30(31)37)17(2)32-15-19-9-8-12-21(13-19)38-20-10-6-5-7-11-20/h5-14,32,35-36H,15H2,1-4H3/b24-17+/t31-/m0/s1. The van der Waals surface area contributed by atoms with Crippen LogP contribution in [0.2, 0.25) is 0 Å². The van der Waals surface area contributed by atoms with Crippen LogP contribution in [0.15, 0.2) is 77.7 Å². The summed E-state index contributed by atoms with van der Waals surface area (Å²) in [6.45, 7) is 6.18. The molecule has 8 nitrogen and oxygen atoms in total. The normalized spacial score (nSPS) is 19.0. The quantitative estimate of drug-likeness (QED) is 0.229. The van der Waals surface area contributed by atoms with Crippen molar-refractivity contribution in [1.29, 1.82) is 0 Å². The van der Waals surface area contributed by atoms with Gasteiger partial charge in [-0.15, -0.1) is 0 Å². The molecule has 5 rings (SSSR count). The first-order valence-electron chi connectivity index (χ1n) is 12.4. The molecule has 0 radical (unpaired) electrons. The summed E-state index contributed by atoms with van der Waals surface area (Å²) < 4.78 is 11.7. The number of ether oxygens (including phenoxy) is 2. The molecular formula is C31H27NO7. The van der Waals surface area contributed by atoms with Crippen LogP contribution in [0.4, 0.5) is 0 Å². The SMILES string of the molecule is CC(=O)c1c(O)c(C)c(O)c2c1OC1=CC(=O)/C(=C(/C)NCc3cccc(Oc4ccccc4)c3)C(=O)[C@@]12C. The number of hydrogen-bond donors (Lipinski definition) is 3. The van der Waals surface area contributed by atoms with E-state index in [1.54, 1.807) is 6.92 Å². The molecule has 0 saturated heterocycles. The minimum Gasteiger partial charge on any atom is -0.507 e. The molecule has 0 spiro atoms. The number of hydrogen-bond acceptors (Lipinski definition) is 8. The monoisotopic (exact) mass is 525 g/mol. The van der Waals surface area contributed by atoms with E-state index in [1.165, 1.54) is 26.8 Å². The number of Topliss-reactive ketones (excluding diaryl/α,β-unsaturated/α-hetero) is 2. The molecule has 1 atom stereocenters. The zero-order valence-electron chi connectivity index (χ0n) is 21.9. The Hall–Kier alpha value is -4.85. The van der Waals surface area contributed by atoms with Gasteiger partial charge in [-0.05, 0) is 57.5 Å². The summed E-state index contributed by atoms with van der Waals surface area (Å²) >= 11 is 0. The summed E-state index contributed by atoms with van der Waals surface area (Å²) in [7, 11) is 0. The molecule has 0 unspecified atom stereocenters. The second-order valence-corrected chi connectivity index (χ2v) is 9.80. The second-order valence-electron chi connectivity index (χ2n) is 9.80. The van der Waals surface area contributed by atoms with Crippen LogP contribution in [0.3, 0.4) is 0 Å². The fourth-order valence-electron chi connectivity index (χ4n) is 5.03. The van der Waals surface area contributed by atoms with Gasteiger partial charge in [-0.3, -0.25) is 14.4 Å². The summed E-state index contributed by atoms with van der Waals surface area (Å²) in [5.41, 5.74) is -0.455. The van der Waals surface area contributed by atoms with Crippen LogP contribution in [0.1, 0.15) is 47.8 Å². The largest absolute Gasteiger partial charge is 0.507 e. The third kappa shape index (κ3) is 4.14. The number of carbonyl (C=O) groups excluding carboxylic acids is 3. The number of benzene rings is 3. The molecule has 198 valence electrons. The minimum absolute atomic E-state index is 0.00221. The van der Waals surface area contributed by atoms with Crippen LogP contribution >= 0.6 is 0 Å². The Morgan fingerprint density at radius 1 is 1.00 bits per heavy atom. The van der Waals surface area contributed by atoms with Gasteiger partial charge >= 0.3 is 0 Å². The van der Waals surface area contributed by atoms with E-state index in [1.807, 2.05) is 54.6 Å². The summed E-state index contributed by atoms with van der Waals surface area (Å²) in [6.07, 6.45) is 1.20. The maximum absolute atomic E-state index is 13.9. The topological polar surface area (TPSA) is 122 Å². The van der Waals surface area contributed by atoms with Crippen molar-refractivity contribution < 1.29 is 34.1 Å². The van der Waals surface area contributed by atoms with Gasteiger partial charge in [0.25, 0.3) is 0 Å². The third-order valence-electron chi connectivity index (χ3n) is 7.19. The zero-order chi connectivity index (χ0) is 28.1. The lowest BCUT2D eigenvalue weighted by Crippen LogP contribution is -2.41. The summed E-state index contributed by atoms with van der Waals surface area (Å²) in [5, 5.41) is 24.6. The third-order valence-corrected chi connectivity index (χ3v) is 7.19. The number of carbonyl (C=O) groups is 3. The van der Waals surface area contributed by atoms with Gasteiger partial charge < -0.3 is 25.0 Å². The number of allylic oxidation sites excluding steroid dienone is 4. The minimum atomic E-state index is -1.56. The smallest absolute Gasteiger partial charge is 0.194 e.